The Kier molecular flexibility index (Phi) is 6.69. The van der Waals surface area contributed by atoms with E-state index in [9.17, 15) is 0 Å². The van der Waals surface area contributed by atoms with E-state index in [2.05, 4.69) is 66.8 Å². The van der Waals surface area contributed by atoms with E-state index in [-0.39, 0.29) is 0 Å². The molecule has 116 valence electrons. The molecule has 0 heterocycles. The van der Waals surface area contributed by atoms with Crippen LogP contribution in [-0.2, 0) is 0 Å². The first-order valence-corrected chi connectivity index (χ1v) is 8.28. The van der Waals surface area contributed by atoms with Gasteiger partial charge in [0.15, 0.2) is 0 Å². The molecule has 0 amide bonds. The molecule has 0 fully saturated rings. The van der Waals surface area contributed by atoms with Crippen molar-refractivity contribution in [3.05, 3.63) is 54.6 Å². The highest BCUT2D eigenvalue weighted by molar-refractivity contribution is 5.67. The molecule has 2 heteroatoms. The second-order valence-electron chi connectivity index (χ2n) is 5.63. The topological polar surface area (TPSA) is 24.4 Å². The number of anilines is 2. The Balaban J connectivity index is 1.93. The molecule has 1 unspecified atom stereocenters. The second kappa shape index (κ2) is 9.04. The molecule has 0 aromatic heterocycles. The van der Waals surface area contributed by atoms with Gasteiger partial charge in [0.2, 0.25) is 0 Å². The van der Waals surface area contributed by atoms with Crippen LogP contribution in [0.3, 0.4) is 0 Å². The van der Waals surface area contributed by atoms with Crippen LogP contribution in [0.25, 0.3) is 0 Å². The Morgan fingerprint density at radius 2 is 1.64 bits per heavy atom. The number of hydrogen-bond acceptors (Lipinski definition) is 2. The van der Waals surface area contributed by atoms with E-state index in [0.717, 1.165) is 23.5 Å². The predicted octanol–water partition coefficient (Wildman–Crippen LogP) is 6.35. The summed E-state index contributed by atoms with van der Waals surface area (Å²) in [6.07, 6.45) is 7.06. The van der Waals surface area contributed by atoms with Gasteiger partial charge in [-0.15, -0.1) is 0 Å². The third-order valence-electron chi connectivity index (χ3n) is 3.82. The lowest BCUT2D eigenvalue weighted by Crippen LogP contribution is -1.99. The summed E-state index contributed by atoms with van der Waals surface area (Å²) in [5.41, 5.74) is 3.21. The molecule has 1 atom stereocenters. The summed E-state index contributed by atoms with van der Waals surface area (Å²) in [5.74, 6) is 0.599. The molecule has 2 nitrogen and oxygen atoms in total. The van der Waals surface area contributed by atoms with Crippen molar-refractivity contribution in [2.24, 2.45) is 10.9 Å². The average molecular weight is 294 g/mol. The fourth-order valence-electron chi connectivity index (χ4n) is 2.36. The highest BCUT2D eigenvalue weighted by Crippen LogP contribution is 2.20. The van der Waals surface area contributed by atoms with Crippen LogP contribution in [0, 0.1) is 5.92 Å². The number of hydrogen-bond donors (Lipinski definition) is 1. The molecule has 0 saturated carbocycles. The zero-order chi connectivity index (χ0) is 15.6. The molecule has 2 aromatic rings. The van der Waals surface area contributed by atoms with Crippen molar-refractivity contribution in [2.75, 3.05) is 5.32 Å². The van der Waals surface area contributed by atoms with Gasteiger partial charge in [-0.3, -0.25) is 4.99 Å². The maximum Gasteiger partial charge on any atom is 0.0627 e. The number of rotatable bonds is 8. The molecule has 0 spiro atoms. The molecule has 1 N–H and O–H groups in total. The SMILES string of the molecule is CCCCC(C=Nc1ccc(Nc2ccccc2)cc1)CC. The van der Waals surface area contributed by atoms with Gasteiger partial charge in [-0.25, -0.2) is 0 Å². The van der Waals surface area contributed by atoms with Gasteiger partial charge in [0.05, 0.1) is 5.69 Å². The van der Waals surface area contributed by atoms with Crippen LogP contribution in [0.4, 0.5) is 17.1 Å². The van der Waals surface area contributed by atoms with Crippen LogP contribution < -0.4 is 5.32 Å². The van der Waals surface area contributed by atoms with Crippen molar-refractivity contribution < 1.29 is 0 Å². The number of para-hydroxylation sites is 1. The molecule has 0 bridgehead atoms. The minimum atomic E-state index is 0.599. The summed E-state index contributed by atoms with van der Waals surface area (Å²) >= 11 is 0. The van der Waals surface area contributed by atoms with Gasteiger partial charge in [-0.1, -0.05) is 44.9 Å². The van der Waals surface area contributed by atoms with Crippen molar-refractivity contribution in [3.63, 3.8) is 0 Å². The number of benzene rings is 2. The third kappa shape index (κ3) is 5.36. The molecular weight excluding hydrogens is 268 g/mol. The van der Waals surface area contributed by atoms with Crippen LogP contribution in [0.5, 0.6) is 0 Å². The van der Waals surface area contributed by atoms with Gasteiger partial charge in [0.25, 0.3) is 0 Å². The lowest BCUT2D eigenvalue weighted by atomic mass is 10.0. The fourth-order valence-corrected chi connectivity index (χ4v) is 2.36. The lowest BCUT2D eigenvalue weighted by molar-refractivity contribution is 0.576. The molecular formula is C20H26N2. The van der Waals surface area contributed by atoms with E-state index in [1.165, 1.54) is 19.3 Å². The summed E-state index contributed by atoms with van der Waals surface area (Å²) in [5, 5.41) is 3.38. The predicted molar refractivity (Wildman–Crippen MR) is 97.6 cm³/mol. The van der Waals surface area contributed by atoms with Crippen molar-refractivity contribution >= 4 is 23.3 Å². The van der Waals surface area contributed by atoms with E-state index in [1.54, 1.807) is 0 Å². The first-order chi connectivity index (χ1) is 10.8. The molecule has 0 aliphatic rings. The standard InChI is InChI=1S/C20H26N2/c1-3-5-9-17(4-2)16-21-18-12-14-20(15-13-18)22-19-10-7-6-8-11-19/h6-8,10-17,22H,3-5,9H2,1-2H3. The highest BCUT2D eigenvalue weighted by Gasteiger charge is 2.01. The van der Waals surface area contributed by atoms with Gasteiger partial charge in [0, 0.05) is 17.6 Å². The normalized spacial score (nSPS) is 12.5. The quantitative estimate of drug-likeness (QED) is 0.564. The van der Waals surface area contributed by atoms with Crippen LogP contribution in [0.1, 0.15) is 39.5 Å². The van der Waals surface area contributed by atoms with E-state index in [4.69, 9.17) is 0 Å². The van der Waals surface area contributed by atoms with E-state index in [1.807, 2.05) is 18.2 Å². The van der Waals surface area contributed by atoms with Gasteiger partial charge in [-0.2, -0.15) is 0 Å². The maximum atomic E-state index is 4.63. The lowest BCUT2D eigenvalue weighted by Gasteiger charge is -2.08. The Labute approximate surface area is 134 Å². The Morgan fingerprint density at radius 1 is 0.955 bits per heavy atom. The highest BCUT2D eigenvalue weighted by atomic mass is 14.9. The van der Waals surface area contributed by atoms with E-state index in [0.29, 0.717) is 5.92 Å². The summed E-state index contributed by atoms with van der Waals surface area (Å²) in [6.45, 7) is 4.47. The monoisotopic (exact) mass is 294 g/mol. The second-order valence-corrected chi connectivity index (χ2v) is 5.63. The van der Waals surface area contributed by atoms with Crippen molar-refractivity contribution in [3.8, 4) is 0 Å². The average Bonchev–Trinajstić information content (AvgIpc) is 2.57. The molecule has 2 aromatic carbocycles. The van der Waals surface area contributed by atoms with Crippen LogP contribution in [0.2, 0.25) is 0 Å². The number of unbranched alkanes of at least 4 members (excludes halogenated alkanes) is 1. The van der Waals surface area contributed by atoms with Crippen molar-refractivity contribution in [1.29, 1.82) is 0 Å². The largest absolute Gasteiger partial charge is 0.356 e. The maximum absolute atomic E-state index is 4.63. The molecule has 0 radical (unpaired) electrons. The van der Waals surface area contributed by atoms with Crippen molar-refractivity contribution in [1.82, 2.24) is 0 Å². The third-order valence-corrected chi connectivity index (χ3v) is 3.82. The van der Waals surface area contributed by atoms with E-state index >= 15 is 0 Å². The summed E-state index contributed by atoms with van der Waals surface area (Å²) in [7, 11) is 0. The van der Waals surface area contributed by atoms with Gasteiger partial charge in [0.1, 0.15) is 0 Å². The Morgan fingerprint density at radius 3 is 2.27 bits per heavy atom. The summed E-state index contributed by atoms with van der Waals surface area (Å²) in [6, 6.07) is 18.5. The van der Waals surface area contributed by atoms with Crippen LogP contribution in [-0.4, -0.2) is 6.21 Å². The smallest absolute Gasteiger partial charge is 0.0627 e. The molecule has 0 saturated heterocycles. The molecule has 0 aliphatic heterocycles. The number of aliphatic imine (C=N–C) groups is 1. The summed E-state index contributed by atoms with van der Waals surface area (Å²) in [4.78, 5) is 4.63. The first-order valence-electron chi connectivity index (χ1n) is 8.28. The van der Waals surface area contributed by atoms with Gasteiger partial charge in [-0.05, 0) is 55.2 Å². The summed E-state index contributed by atoms with van der Waals surface area (Å²) < 4.78 is 0. The van der Waals surface area contributed by atoms with Crippen LogP contribution >= 0.6 is 0 Å². The molecule has 0 aliphatic carbocycles. The number of nitrogens with zero attached hydrogens (tertiary/aromatic N) is 1. The zero-order valence-electron chi connectivity index (χ0n) is 13.6. The van der Waals surface area contributed by atoms with Gasteiger partial charge < -0.3 is 5.32 Å². The first kappa shape index (κ1) is 16.3. The zero-order valence-corrected chi connectivity index (χ0v) is 13.6. The Bertz CT molecular complexity index is 558. The minimum absolute atomic E-state index is 0.599. The Hall–Kier alpha value is -2.09. The van der Waals surface area contributed by atoms with Gasteiger partial charge >= 0.3 is 0 Å². The van der Waals surface area contributed by atoms with Crippen molar-refractivity contribution in [2.45, 2.75) is 39.5 Å². The molecule has 22 heavy (non-hydrogen) atoms. The minimum Gasteiger partial charge on any atom is -0.356 e. The van der Waals surface area contributed by atoms with Crippen LogP contribution in [0.15, 0.2) is 59.6 Å². The fraction of sp³-hybridized carbons (Fsp3) is 0.350. The number of nitrogens with one attached hydrogen (secondary N) is 1. The van der Waals surface area contributed by atoms with E-state index < -0.39 is 0 Å². The molecule has 2 rings (SSSR count).